The van der Waals surface area contributed by atoms with E-state index in [9.17, 15) is 9.59 Å². The smallest absolute Gasteiger partial charge is 0.322 e. The molecule has 4 aromatic rings. The summed E-state index contributed by atoms with van der Waals surface area (Å²) in [5.74, 6) is 0.907. The summed E-state index contributed by atoms with van der Waals surface area (Å²) in [5.41, 5.74) is 3.85. The van der Waals surface area contributed by atoms with Gasteiger partial charge in [0.05, 0.1) is 13.7 Å². The average molecular weight is 539 g/mol. The predicted molar refractivity (Wildman–Crippen MR) is 159 cm³/mol. The van der Waals surface area contributed by atoms with Gasteiger partial charge in [0.1, 0.15) is 12.3 Å². The summed E-state index contributed by atoms with van der Waals surface area (Å²) in [6, 6.07) is 31.0. The molecule has 0 bridgehead atoms. The molecule has 0 spiro atoms. The van der Waals surface area contributed by atoms with Crippen LogP contribution in [0.15, 0.2) is 103 Å². The molecule has 7 heteroatoms. The summed E-state index contributed by atoms with van der Waals surface area (Å²) in [7, 11) is 1.66. The first-order valence-electron chi connectivity index (χ1n) is 13.6. The summed E-state index contributed by atoms with van der Waals surface area (Å²) in [6.45, 7) is 6.06. The van der Waals surface area contributed by atoms with Crippen molar-refractivity contribution in [3.63, 3.8) is 0 Å². The minimum atomic E-state index is -0.283. The molecule has 1 N–H and O–H groups in total. The number of ether oxygens (including phenoxy) is 1. The number of carbonyl (C=O) groups excluding carboxylic acids is 2. The van der Waals surface area contributed by atoms with Crippen LogP contribution in [0, 0.1) is 5.92 Å². The van der Waals surface area contributed by atoms with E-state index in [0.717, 1.165) is 22.6 Å². The zero-order valence-corrected chi connectivity index (χ0v) is 23.5. The molecule has 0 saturated carbocycles. The molecule has 1 heterocycles. The number of nitrogens with one attached hydrogen (secondary N) is 1. The Labute approximate surface area is 237 Å². The van der Waals surface area contributed by atoms with Gasteiger partial charge in [-0.3, -0.25) is 4.79 Å². The molecule has 208 valence electrons. The van der Waals surface area contributed by atoms with E-state index in [1.54, 1.807) is 12.0 Å². The standard InChI is InChI=1S/C33H38N4O3/c1-26(2)21-37(33(39)34-29-15-8-5-9-16-29)25-32(38)36(22-27-12-6-4-7-13-27)24-30-17-11-19-35(30)23-28-14-10-18-31(20-28)40-3/h4-20,26H,21-25H2,1-3H3,(H,34,39). The highest BCUT2D eigenvalue weighted by atomic mass is 16.5. The first-order valence-corrected chi connectivity index (χ1v) is 13.6. The first-order chi connectivity index (χ1) is 19.4. The zero-order valence-electron chi connectivity index (χ0n) is 23.5. The Hall–Kier alpha value is -4.52. The second-order valence-corrected chi connectivity index (χ2v) is 10.3. The van der Waals surface area contributed by atoms with E-state index >= 15 is 0 Å². The van der Waals surface area contributed by atoms with Crippen LogP contribution in [0.5, 0.6) is 5.75 Å². The van der Waals surface area contributed by atoms with E-state index in [2.05, 4.69) is 16.0 Å². The summed E-state index contributed by atoms with van der Waals surface area (Å²) in [5, 5.41) is 2.93. The van der Waals surface area contributed by atoms with E-state index in [1.165, 1.54) is 0 Å². The van der Waals surface area contributed by atoms with E-state index in [4.69, 9.17) is 4.74 Å². The van der Waals surface area contributed by atoms with Gasteiger partial charge in [-0.1, -0.05) is 74.5 Å². The van der Waals surface area contributed by atoms with Gasteiger partial charge in [-0.2, -0.15) is 0 Å². The number of methoxy groups -OCH3 is 1. The van der Waals surface area contributed by atoms with Gasteiger partial charge in [0.2, 0.25) is 5.91 Å². The molecule has 1 aromatic heterocycles. The fraction of sp³-hybridized carbons (Fsp3) is 0.273. The Morgan fingerprint density at radius 1 is 0.825 bits per heavy atom. The lowest BCUT2D eigenvalue weighted by Gasteiger charge is -2.29. The number of para-hydroxylation sites is 1. The highest BCUT2D eigenvalue weighted by molar-refractivity contribution is 5.92. The molecule has 0 radical (unpaired) electrons. The van der Waals surface area contributed by atoms with Crippen LogP contribution in [0.2, 0.25) is 0 Å². The maximum Gasteiger partial charge on any atom is 0.322 e. The fourth-order valence-corrected chi connectivity index (χ4v) is 4.59. The molecular formula is C33H38N4O3. The number of carbonyl (C=O) groups is 2. The molecule has 0 unspecified atom stereocenters. The minimum absolute atomic E-state index is 0.0136. The number of benzene rings is 3. The number of nitrogens with zero attached hydrogens (tertiary/aromatic N) is 3. The summed E-state index contributed by atoms with van der Waals surface area (Å²) in [4.78, 5) is 30.5. The zero-order chi connectivity index (χ0) is 28.3. The Bertz CT molecular complexity index is 1370. The SMILES string of the molecule is COc1cccc(Cn2cccc2CN(Cc2ccccc2)C(=O)CN(CC(C)C)C(=O)Nc2ccccc2)c1. The topological polar surface area (TPSA) is 66.8 Å². The predicted octanol–water partition coefficient (Wildman–Crippen LogP) is 6.26. The van der Waals surface area contributed by atoms with Crippen LogP contribution in [0.4, 0.5) is 10.5 Å². The third kappa shape index (κ3) is 8.24. The summed E-state index contributed by atoms with van der Waals surface area (Å²) >= 11 is 0. The minimum Gasteiger partial charge on any atom is -0.497 e. The quantitative estimate of drug-likeness (QED) is 0.231. The van der Waals surface area contributed by atoms with Crippen LogP contribution in [0.25, 0.3) is 0 Å². The van der Waals surface area contributed by atoms with Gasteiger partial charge in [-0.25, -0.2) is 4.79 Å². The molecule has 0 fully saturated rings. The molecule has 0 saturated heterocycles. The van der Waals surface area contributed by atoms with E-state index in [0.29, 0.717) is 31.9 Å². The molecular weight excluding hydrogens is 500 g/mol. The van der Waals surface area contributed by atoms with E-state index in [1.807, 2.05) is 116 Å². The van der Waals surface area contributed by atoms with Crippen molar-refractivity contribution in [3.8, 4) is 5.75 Å². The Morgan fingerprint density at radius 3 is 2.23 bits per heavy atom. The van der Waals surface area contributed by atoms with Crippen LogP contribution in [0.3, 0.4) is 0 Å². The van der Waals surface area contributed by atoms with Gasteiger partial charge in [0.25, 0.3) is 0 Å². The second-order valence-electron chi connectivity index (χ2n) is 10.3. The lowest BCUT2D eigenvalue weighted by Crippen LogP contribution is -2.45. The van der Waals surface area contributed by atoms with Crippen LogP contribution in [0.1, 0.15) is 30.7 Å². The van der Waals surface area contributed by atoms with Crippen molar-refractivity contribution < 1.29 is 14.3 Å². The number of anilines is 1. The van der Waals surface area contributed by atoms with Gasteiger partial charge < -0.3 is 24.4 Å². The van der Waals surface area contributed by atoms with Crippen molar-refractivity contribution in [3.05, 3.63) is 120 Å². The summed E-state index contributed by atoms with van der Waals surface area (Å²) in [6.07, 6.45) is 2.03. The third-order valence-corrected chi connectivity index (χ3v) is 6.56. The lowest BCUT2D eigenvalue weighted by molar-refractivity contribution is -0.133. The van der Waals surface area contributed by atoms with E-state index < -0.39 is 0 Å². The fourth-order valence-electron chi connectivity index (χ4n) is 4.59. The van der Waals surface area contributed by atoms with Gasteiger partial charge in [-0.05, 0) is 53.4 Å². The van der Waals surface area contributed by atoms with E-state index in [-0.39, 0.29) is 24.4 Å². The largest absolute Gasteiger partial charge is 0.497 e. The number of hydrogen-bond acceptors (Lipinski definition) is 3. The molecule has 3 aromatic carbocycles. The van der Waals surface area contributed by atoms with Crippen molar-refractivity contribution >= 4 is 17.6 Å². The third-order valence-electron chi connectivity index (χ3n) is 6.56. The van der Waals surface area contributed by atoms with Gasteiger partial charge in [0, 0.05) is 37.2 Å². The van der Waals surface area contributed by atoms with Crippen molar-refractivity contribution in [2.45, 2.75) is 33.5 Å². The van der Waals surface area contributed by atoms with Gasteiger partial charge in [-0.15, -0.1) is 0 Å². The van der Waals surface area contributed by atoms with Crippen LogP contribution in [-0.2, 0) is 24.4 Å². The van der Waals surface area contributed by atoms with Crippen molar-refractivity contribution in [2.24, 2.45) is 5.92 Å². The first kappa shape index (κ1) is 28.5. The van der Waals surface area contributed by atoms with Gasteiger partial charge >= 0.3 is 6.03 Å². The number of aromatic nitrogens is 1. The number of rotatable bonds is 12. The number of urea groups is 1. The van der Waals surface area contributed by atoms with Crippen LogP contribution < -0.4 is 10.1 Å². The normalized spacial score (nSPS) is 10.8. The van der Waals surface area contributed by atoms with Gasteiger partial charge in [0.15, 0.2) is 0 Å². The Morgan fingerprint density at radius 2 is 1.52 bits per heavy atom. The highest BCUT2D eigenvalue weighted by Crippen LogP contribution is 2.18. The molecule has 0 atom stereocenters. The Kier molecular flexibility index (Phi) is 9.99. The molecule has 0 aliphatic heterocycles. The second kappa shape index (κ2) is 14.0. The summed E-state index contributed by atoms with van der Waals surface area (Å²) < 4.78 is 7.54. The van der Waals surface area contributed by atoms with Crippen molar-refractivity contribution in [1.29, 1.82) is 0 Å². The molecule has 3 amide bonds. The molecule has 7 nitrogen and oxygen atoms in total. The average Bonchev–Trinajstić information content (AvgIpc) is 3.39. The van der Waals surface area contributed by atoms with Crippen LogP contribution in [-0.4, -0.2) is 46.5 Å². The highest BCUT2D eigenvalue weighted by Gasteiger charge is 2.23. The molecule has 0 aliphatic rings. The lowest BCUT2D eigenvalue weighted by atomic mass is 10.2. The van der Waals surface area contributed by atoms with Crippen molar-refractivity contribution in [1.82, 2.24) is 14.4 Å². The number of hydrogen-bond donors (Lipinski definition) is 1. The van der Waals surface area contributed by atoms with Crippen LogP contribution >= 0.6 is 0 Å². The number of amides is 3. The Balaban J connectivity index is 1.54. The van der Waals surface area contributed by atoms with Crippen molar-refractivity contribution in [2.75, 3.05) is 25.5 Å². The molecule has 40 heavy (non-hydrogen) atoms. The monoisotopic (exact) mass is 538 g/mol. The maximum atomic E-state index is 13.9. The molecule has 4 rings (SSSR count). The molecule has 0 aliphatic carbocycles. The maximum absolute atomic E-state index is 13.9.